The van der Waals surface area contributed by atoms with Crippen molar-refractivity contribution < 1.29 is 14.6 Å². The van der Waals surface area contributed by atoms with Crippen LogP contribution in [0.2, 0.25) is 0 Å². The minimum absolute atomic E-state index is 0.0215. The number of hydrogen-bond acceptors (Lipinski definition) is 3. The highest BCUT2D eigenvalue weighted by Crippen LogP contribution is 2.38. The first-order valence-corrected chi connectivity index (χ1v) is 7.61. The molecular weight excluding hydrogens is 280 g/mol. The molecule has 0 aromatic heterocycles. The van der Waals surface area contributed by atoms with Crippen molar-refractivity contribution in [2.24, 2.45) is 0 Å². The Morgan fingerprint density at radius 3 is 2.68 bits per heavy atom. The molecule has 1 heterocycles. The highest BCUT2D eigenvalue weighted by Gasteiger charge is 2.52. The molecule has 0 saturated heterocycles. The van der Waals surface area contributed by atoms with Crippen molar-refractivity contribution in [3.8, 4) is 5.75 Å². The van der Waals surface area contributed by atoms with Gasteiger partial charge in [-0.2, -0.15) is 0 Å². The van der Waals surface area contributed by atoms with Crippen LogP contribution in [-0.4, -0.2) is 47.9 Å². The van der Waals surface area contributed by atoms with Crippen molar-refractivity contribution in [3.63, 3.8) is 0 Å². The topological polar surface area (TPSA) is 61.8 Å². The lowest BCUT2D eigenvalue weighted by atomic mass is 9.99. The molecule has 1 aromatic rings. The molecule has 5 heteroatoms. The van der Waals surface area contributed by atoms with Crippen LogP contribution in [0.4, 0.5) is 4.79 Å². The number of hydrogen-bond donors (Lipinski definition) is 2. The van der Waals surface area contributed by atoms with E-state index in [0.29, 0.717) is 13.1 Å². The fraction of sp³-hybridized carbons (Fsp3) is 0.471. The maximum absolute atomic E-state index is 12.2. The van der Waals surface area contributed by atoms with Gasteiger partial charge in [0.1, 0.15) is 5.75 Å². The third-order valence-electron chi connectivity index (χ3n) is 4.68. The number of ether oxygens (including phenoxy) is 1. The number of amides is 2. The molecule has 2 amide bonds. The van der Waals surface area contributed by atoms with E-state index < -0.39 is 0 Å². The van der Waals surface area contributed by atoms with Gasteiger partial charge in [0.05, 0.1) is 11.6 Å². The quantitative estimate of drug-likeness (QED) is 0.901. The number of aromatic hydroxyl groups is 1. The molecule has 2 atom stereocenters. The number of rotatable bonds is 3. The summed E-state index contributed by atoms with van der Waals surface area (Å²) in [5.74, 6) is 0.270. The number of methoxy groups -OCH3 is 1. The molecule has 22 heavy (non-hydrogen) atoms. The van der Waals surface area contributed by atoms with Crippen molar-refractivity contribution in [1.29, 1.82) is 0 Å². The number of phenols is 1. The van der Waals surface area contributed by atoms with Crippen LogP contribution >= 0.6 is 0 Å². The Bertz CT molecular complexity index is 596. The zero-order valence-corrected chi connectivity index (χ0v) is 13.0. The summed E-state index contributed by atoms with van der Waals surface area (Å²) in [5, 5.41) is 12.4. The highest BCUT2D eigenvalue weighted by atomic mass is 16.5. The zero-order chi connectivity index (χ0) is 15.7. The van der Waals surface area contributed by atoms with Gasteiger partial charge in [0.15, 0.2) is 0 Å². The Morgan fingerprint density at radius 1 is 1.41 bits per heavy atom. The molecule has 5 nitrogen and oxygen atoms in total. The van der Waals surface area contributed by atoms with E-state index in [-0.39, 0.29) is 23.4 Å². The van der Waals surface area contributed by atoms with Crippen molar-refractivity contribution in [2.75, 3.05) is 20.2 Å². The van der Waals surface area contributed by atoms with Crippen molar-refractivity contribution in [2.45, 2.75) is 31.4 Å². The predicted molar refractivity (Wildman–Crippen MR) is 84.6 cm³/mol. The van der Waals surface area contributed by atoms with Gasteiger partial charge in [-0.15, -0.1) is 0 Å². The van der Waals surface area contributed by atoms with Gasteiger partial charge in [-0.25, -0.2) is 4.79 Å². The minimum atomic E-state index is -0.196. The van der Waals surface area contributed by atoms with E-state index in [0.717, 1.165) is 18.4 Å². The summed E-state index contributed by atoms with van der Waals surface area (Å²) in [6, 6.07) is 7.29. The van der Waals surface area contributed by atoms with E-state index in [2.05, 4.69) is 11.4 Å². The molecule has 2 aliphatic rings. The van der Waals surface area contributed by atoms with Gasteiger partial charge < -0.3 is 20.1 Å². The van der Waals surface area contributed by atoms with Gasteiger partial charge in [0.25, 0.3) is 0 Å². The highest BCUT2D eigenvalue weighted by molar-refractivity contribution is 5.77. The normalized spacial score (nSPS) is 27.3. The maximum Gasteiger partial charge on any atom is 0.318 e. The molecule has 2 N–H and O–H groups in total. The first kappa shape index (κ1) is 14.9. The molecule has 0 unspecified atom stereocenters. The number of nitrogens with one attached hydrogen (secondary N) is 1. The molecule has 0 radical (unpaired) electrons. The van der Waals surface area contributed by atoms with Crippen LogP contribution in [0.25, 0.3) is 5.57 Å². The second-order valence-electron chi connectivity index (χ2n) is 6.20. The van der Waals surface area contributed by atoms with E-state index in [4.69, 9.17) is 4.74 Å². The molecule has 3 rings (SSSR count). The van der Waals surface area contributed by atoms with Gasteiger partial charge >= 0.3 is 6.03 Å². The largest absolute Gasteiger partial charge is 0.508 e. The molecule has 1 aliphatic carbocycles. The molecule has 1 fully saturated rings. The van der Waals surface area contributed by atoms with E-state index in [1.165, 1.54) is 5.57 Å². The second-order valence-corrected chi connectivity index (χ2v) is 6.20. The Kier molecular flexibility index (Phi) is 3.83. The predicted octanol–water partition coefficient (Wildman–Crippen LogP) is 2.37. The van der Waals surface area contributed by atoms with Crippen LogP contribution in [-0.2, 0) is 4.74 Å². The van der Waals surface area contributed by atoms with Crippen molar-refractivity contribution >= 4 is 11.6 Å². The zero-order valence-electron chi connectivity index (χ0n) is 13.0. The molecule has 0 bridgehead atoms. The van der Waals surface area contributed by atoms with E-state index >= 15 is 0 Å². The van der Waals surface area contributed by atoms with Gasteiger partial charge in [0.2, 0.25) is 0 Å². The summed E-state index contributed by atoms with van der Waals surface area (Å²) < 4.78 is 5.37. The number of phenolic OH excluding ortho intramolecular Hbond substituents is 1. The SMILES string of the molecule is CO[C@@]1(C)C[C@H]1NC(=O)N1CC=C(c2ccc(O)cc2)CC1. The average molecular weight is 302 g/mol. The average Bonchev–Trinajstić information content (AvgIpc) is 3.19. The second kappa shape index (κ2) is 5.65. The summed E-state index contributed by atoms with van der Waals surface area (Å²) >= 11 is 0. The fourth-order valence-corrected chi connectivity index (χ4v) is 2.81. The fourth-order valence-electron chi connectivity index (χ4n) is 2.81. The standard InChI is InChI=1S/C17H22N2O3/c1-17(22-2)11-15(17)18-16(21)19-9-7-13(8-10-19)12-3-5-14(20)6-4-12/h3-7,15,20H,8-11H2,1-2H3,(H,18,21)/t15-,17+/m1/s1. The first-order chi connectivity index (χ1) is 10.5. The van der Waals surface area contributed by atoms with Gasteiger partial charge in [-0.1, -0.05) is 18.2 Å². The number of urea groups is 1. The summed E-state index contributed by atoms with van der Waals surface area (Å²) in [6.45, 7) is 3.32. The van der Waals surface area contributed by atoms with Gasteiger partial charge in [0, 0.05) is 26.6 Å². The van der Waals surface area contributed by atoms with Crippen LogP contribution in [0.1, 0.15) is 25.3 Å². The van der Waals surface area contributed by atoms with Crippen LogP contribution < -0.4 is 5.32 Å². The summed E-state index contributed by atoms with van der Waals surface area (Å²) in [7, 11) is 1.68. The lowest BCUT2D eigenvalue weighted by Crippen LogP contribution is -2.44. The Labute approximate surface area is 130 Å². The molecular formula is C17H22N2O3. The number of nitrogens with zero attached hydrogens (tertiary/aromatic N) is 1. The Hall–Kier alpha value is -2.01. The first-order valence-electron chi connectivity index (χ1n) is 7.61. The Morgan fingerprint density at radius 2 is 2.14 bits per heavy atom. The smallest absolute Gasteiger partial charge is 0.318 e. The molecule has 118 valence electrons. The molecule has 1 aromatic carbocycles. The summed E-state index contributed by atoms with van der Waals surface area (Å²) in [4.78, 5) is 14.1. The van der Waals surface area contributed by atoms with Crippen molar-refractivity contribution in [3.05, 3.63) is 35.9 Å². The van der Waals surface area contributed by atoms with E-state index in [1.807, 2.05) is 24.0 Å². The van der Waals surface area contributed by atoms with Crippen LogP contribution in [0.15, 0.2) is 30.3 Å². The third kappa shape index (κ3) is 2.95. The molecule has 0 spiro atoms. The number of benzene rings is 1. The van der Waals surface area contributed by atoms with Crippen LogP contribution in [0.5, 0.6) is 5.75 Å². The van der Waals surface area contributed by atoms with Crippen molar-refractivity contribution in [1.82, 2.24) is 10.2 Å². The minimum Gasteiger partial charge on any atom is -0.508 e. The third-order valence-corrected chi connectivity index (χ3v) is 4.68. The van der Waals surface area contributed by atoms with Gasteiger partial charge in [-0.3, -0.25) is 0 Å². The lowest BCUT2D eigenvalue weighted by molar-refractivity contribution is 0.0872. The van der Waals surface area contributed by atoms with E-state index in [9.17, 15) is 9.90 Å². The monoisotopic (exact) mass is 302 g/mol. The summed E-state index contributed by atoms with van der Waals surface area (Å²) in [6.07, 6.45) is 3.78. The molecule has 1 aliphatic heterocycles. The maximum atomic E-state index is 12.2. The van der Waals surface area contributed by atoms with Gasteiger partial charge in [-0.05, 0) is 36.6 Å². The Balaban J connectivity index is 1.56. The van der Waals surface area contributed by atoms with E-state index in [1.54, 1.807) is 19.2 Å². The summed E-state index contributed by atoms with van der Waals surface area (Å²) in [5.41, 5.74) is 2.13. The number of carbonyl (C=O) groups is 1. The lowest BCUT2D eigenvalue weighted by Gasteiger charge is -2.27. The van der Waals surface area contributed by atoms with Crippen LogP contribution in [0, 0.1) is 0 Å². The van der Waals surface area contributed by atoms with Crippen LogP contribution in [0.3, 0.4) is 0 Å². The number of carbonyl (C=O) groups excluding carboxylic acids is 1. The molecule has 1 saturated carbocycles.